The van der Waals surface area contributed by atoms with Gasteiger partial charge in [-0.3, -0.25) is 4.79 Å². The van der Waals surface area contributed by atoms with E-state index in [1.54, 1.807) is 4.90 Å². The Morgan fingerprint density at radius 3 is 2.76 bits per heavy atom. The molecule has 0 aromatic heterocycles. The summed E-state index contributed by atoms with van der Waals surface area (Å²) in [6, 6.07) is 1.97. The standard InChI is InChI=1S/C16H22FN3O/c17-15-10-4-12-5-11(15)7-16(12,6-10)19-9-14(21)20-3-1-2-13(20)8-18/h10-13,15,19H,1-7,9H2/t10?,11?,12?,13-,15?,16?/m0/s1. The number of amides is 1. The van der Waals surface area contributed by atoms with Crippen LogP contribution in [0.3, 0.4) is 0 Å². The van der Waals surface area contributed by atoms with Gasteiger partial charge < -0.3 is 10.2 Å². The quantitative estimate of drug-likeness (QED) is 0.859. The predicted octanol–water partition coefficient (Wildman–Crippen LogP) is 1.62. The fourth-order valence-corrected chi connectivity index (χ4v) is 5.51. The monoisotopic (exact) mass is 291 g/mol. The number of hydrogen-bond donors (Lipinski definition) is 1. The van der Waals surface area contributed by atoms with Crippen LogP contribution in [-0.4, -0.2) is 41.6 Å². The number of halogens is 1. The number of rotatable bonds is 3. The molecule has 1 N–H and O–H groups in total. The first-order valence-corrected chi connectivity index (χ1v) is 8.21. The van der Waals surface area contributed by atoms with Crippen molar-refractivity contribution < 1.29 is 9.18 Å². The zero-order valence-electron chi connectivity index (χ0n) is 12.2. The molecule has 5 rings (SSSR count). The number of alkyl halides is 1. The van der Waals surface area contributed by atoms with Gasteiger partial charge in [0.25, 0.3) is 0 Å². The van der Waals surface area contributed by atoms with Crippen LogP contribution in [0, 0.1) is 29.1 Å². The molecule has 5 heteroatoms. The minimum absolute atomic E-state index is 0.00937. The first-order chi connectivity index (χ1) is 10.1. The van der Waals surface area contributed by atoms with Gasteiger partial charge in [0.05, 0.1) is 12.6 Å². The summed E-state index contributed by atoms with van der Waals surface area (Å²) in [4.78, 5) is 14.1. The van der Waals surface area contributed by atoms with E-state index < -0.39 is 6.17 Å². The molecule has 5 fully saturated rings. The van der Waals surface area contributed by atoms with Crippen molar-refractivity contribution in [3.8, 4) is 6.07 Å². The van der Waals surface area contributed by atoms with Gasteiger partial charge in [-0.25, -0.2) is 4.39 Å². The van der Waals surface area contributed by atoms with Crippen LogP contribution in [0.5, 0.6) is 0 Å². The lowest BCUT2D eigenvalue weighted by Gasteiger charge is -2.36. The second-order valence-corrected chi connectivity index (χ2v) is 7.43. The SMILES string of the molecule is N#C[C@@H]1CCCN1C(=O)CNC12CC3CC1CC(C2)C3F. The average Bonchev–Trinajstić information content (AvgIpc) is 3.12. The number of nitrogens with one attached hydrogen (secondary N) is 1. The summed E-state index contributed by atoms with van der Waals surface area (Å²) in [5.74, 6) is 1.02. The van der Waals surface area contributed by atoms with Gasteiger partial charge in [-0.2, -0.15) is 5.26 Å². The molecule has 0 radical (unpaired) electrons. The molecule has 0 aromatic carbocycles. The lowest BCUT2D eigenvalue weighted by atomic mass is 9.79. The Balaban J connectivity index is 1.40. The summed E-state index contributed by atoms with van der Waals surface area (Å²) in [5.41, 5.74) is 0.00937. The first kappa shape index (κ1) is 13.5. The van der Waals surface area contributed by atoms with Crippen molar-refractivity contribution >= 4 is 5.91 Å². The molecule has 0 spiro atoms. The summed E-state index contributed by atoms with van der Waals surface area (Å²) in [7, 11) is 0. The second-order valence-electron chi connectivity index (χ2n) is 7.43. The largest absolute Gasteiger partial charge is 0.326 e. The van der Waals surface area contributed by atoms with E-state index in [9.17, 15) is 9.18 Å². The van der Waals surface area contributed by atoms with Crippen LogP contribution in [0.15, 0.2) is 0 Å². The van der Waals surface area contributed by atoms with Gasteiger partial charge >= 0.3 is 0 Å². The predicted molar refractivity (Wildman–Crippen MR) is 74.9 cm³/mol. The molecule has 4 aliphatic carbocycles. The molecule has 0 aromatic rings. The Bertz CT molecular complexity index is 486. The molecule has 4 nitrogen and oxygen atoms in total. The number of hydrogen-bond acceptors (Lipinski definition) is 3. The van der Waals surface area contributed by atoms with Crippen molar-refractivity contribution in [3.05, 3.63) is 0 Å². The maximum absolute atomic E-state index is 14.1. The highest BCUT2D eigenvalue weighted by Gasteiger charge is 2.61. The summed E-state index contributed by atoms with van der Waals surface area (Å²) in [6.45, 7) is 1.01. The highest BCUT2D eigenvalue weighted by molar-refractivity contribution is 5.79. The van der Waals surface area contributed by atoms with Gasteiger partial charge in [0.2, 0.25) is 5.91 Å². The van der Waals surface area contributed by atoms with Crippen molar-refractivity contribution in [3.63, 3.8) is 0 Å². The maximum Gasteiger partial charge on any atom is 0.237 e. The normalized spacial score (nSPS) is 47.0. The van der Waals surface area contributed by atoms with Crippen LogP contribution < -0.4 is 5.32 Å². The first-order valence-electron chi connectivity index (χ1n) is 8.21. The Labute approximate surface area is 124 Å². The minimum atomic E-state index is -0.615. The molecule has 5 aliphatic rings. The van der Waals surface area contributed by atoms with Crippen LogP contribution in [0.2, 0.25) is 0 Å². The molecular formula is C16H22FN3O. The van der Waals surface area contributed by atoms with Crippen LogP contribution in [0.25, 0.3) is 0 Å². The van der Waals surface area contributed by atoms with Crippen molar-refractivity contribution in [1.82, 2.24) is 10.2 Å². The van der Waals surface area contributed by atoms with Gasteiger partial charge in [-0.1, -0.05) is 0 Å². The smallest absolute Gasteiger partial charge is 0.237 e. The number of carbonyl (C=O) groups is 1. The molecule has 4 bridgehead atoms. The average molecular weight is 291 g/mol. The zero-order chi connectivity index (χ0) is 14.6. The molecule has 1 amide bonds. The van der Waals surface area contributed by atoms with Crippen LogP contribution >= 0.6 is 0 Å². The molecule has 2 unspecified atom stereocenters. The van der Waals surface area contributed by atoms with Crippen molar-refractivity contribution in [2.45, 2.75) is 56.3 Å². The third-order valence-corrected chi connectivity index (χ3v) is 6.42. The molecule has 4 saturated carbocycles. The third kappa shape index (κ3) is 1.92. The lowest BCUT2D eigenvalue weighted by molar-refractivity contribution is -0.130. The van der Waals surface area contributed by atoms with E-state index in [1.165, 1.54) is 0 Å². The molecule has 1 aliphatic heterocycles. The minimum Gasteiger partial charge on any atom is -0.326 e. The van der Waals surface area contributed by atoms with E-state index in [4.69, 9.17) is 5.26 Å². The van der Waals surface area contributed by atoms with Crippen molar-refractivity contribution in [2.24, 2.45) is 17.8 Å². The molecule has 1 saturated heterocycles. The summed E-state index contributed by atoms with van der Waals surface area (Å²) >= 11 is 0. The van der Waals surface area contributed by atoms with Gasteiger partial charge in [0, 0.05) is 12.1 Å². The van der Waals surface area contributed by atoms with Crippen molar-refractivity contribution in [1.29, 1.82) is 5.26 Å². The molecule has 1 heterocycles. The molecule has 21 heavy (non-hydrogen) atoms. The van der Waals surface area contributed by atoms with Crippen LogP contribution in [0.1, 0.15) is 38.5 Å². The molecular weight excluding hydrogens is 269 g/mol. The topological polar surface area (TPSA) is 56.1 Å². The van der Waals surface area contributed by atoms with Gasteiger partial charge in [-0.15, -0.1) is 0 Å². The lowest BCUT2D eigenvalue weighted by Crippen LogP contribution is -2.52. The summed E-state index contributed by atoms with van der Waals surface area (Å²) in [5, 5.41) is 12.6. The fourth-order valence-electron chi connectivity index (χ4n) is 5.51. The van der Waals surface area contributed by atoms with Gasteiger partial charge in [-0.05, 0) is 56.3 Å². The number of nitrogens with zero attached hydrogens (tertiary/aromatic N) is 2. The van der Waals surface area contributed by atoms with E-state index in [1.807, 2.05) is 0 Å². The van der Waals surface area contributed by atoms with E-state index >= 15 is 0 Å². The van der Waals surface area contributed by atoms with Gasteiger partial charge in [0.15, 0.2) is 0 Å². The van der Waals surface area contributed by atoms with Gasteiger partial charge in [0.1, 0.15) is 12.2 Å². The molecule has 3 atom stereocenters. The van der Waals surface area contributed by atoms with Crippen LogP contribution in [-0.2, 0) is 4.79 Å². The van der Waals surface area contributed by atoms with E-state index in [0.29, 0.717) is 19.0 Å². The highest BCUT2D eigenvalue weighted by atomic mass is 19.1. The number of likely N-dealkylation sites (tertiary alicyclic amines) is 1. The van der Waals surface area contributed by atoms with E-state index in [2.05, 4.69) is 11.4 Å². The Morgan fingerprint density at radius 1 is 1.38 bits per heavy atom. The highest BCUT2D eigenvalue weighted by Crippen LogP contribution is 2.61. The van der Waals surface area contributed by atoms with E-state index in [-0.39, 0.29) is 29.3 Å². The van der Waals surface area contributed by atoms with Crippen LogP contribution in [0.4, 0.5) is 4.39 Å². The van der Waals surface area contributed by atoms with Crippen molar-refractivity contribution in [2.75, 3.05) is 13.1 Å². The number of nitriles is 1. The maximum atomic E-state index is 14.1. The number of carbonyl (C=O) groups excluding carboxylic acids is 1. The Morgan fingerprint density at radius 2 is 2.10 bits per heavy atom. The summed E-state index contributed by atoms with van der Waals surface area (Å²) < 4.78 is 14.1. The Kier molecular flexibility index (Phi) is 3.01. The summed E-state index contributed by atoms with van der Waals surface area (Å²) in [6.07, 6.45) is 4.87. The second kappa shape index (κ2) is 4.67. The zero-order valence-corrected chi connectivity index (χ0v) is 12.2. The Hall–Kier alpha value is -1.15. The molecule has 114 valence electrons. The fraction of sp³-hybridized carbons (Fsp3) is 0.875. The third-order valence-electron chi connectivity index (χ3n) is 6.42. The van der Waals surface area contributed by atoms with E-state index in [0.717, 1.165) is 38.5 Å².